The van der Waals surface area contributed by atoms with Gasteiger partial charge < -0.3 is 9.64 Å². The van der Waals surface area contributed by atoms with Crippen LogP contribution in [0.15, 0.2) is 30.3 Å². The Kier molecular flexibility index (Phi) is 5.17. The minimum Gasteiger partial charge on any atom is -0.454 e. The van der Waals surface area contributed by atoms with Gasteiger partial charge in [0.25, 0.3) is 0 Å². The van der Waals surface area contributed by atoms with Gasteiger partial charge in [0.05, 0.1) is 0 Å². The number of benzene rings is 1. The van der Waals surface area contributed by atoms with Crippen LogP contribution in [0.2, 0.25) is 0 Å². The highest BCUT2D eigenvalue weighted by molar-refractivity contribution is 5.85. The quantitative estimate of drug-likeness (QED) is 0.773. The van der Waals surface area contributed by atoms with Gasteiger partial charge in [0.2, 0.25) is 0 Å². The summed E-state index contributed by atoms with van der Waals surface area (Å²) in [5, 5.41) is 0. The smallest absolute Gasteiger partial charge is 0.303 e. The molecule has 0 atom stereocenters. The van der Waals surface area contributed by atoms with E-state index in [1.54, 1.807) is 0 Å². The van der Waals surface area contributed by atoms with E-state index in [2.05, 4.69) is 11.9 Å². The topological polar surface area (TPSA) is 29.5 Å². The van der Waals surface area contributed by atoms with Crippen molar-refractivity contribution in [2.24, 2.45) is 0 Å². The molecule has 1 fully saturated rings. The van der Waals surface area contributed by atoms with Gasteiger partial charge in [-0.3, -0.25) is 4.79 Å². The molecule has 1 aliphatic rings. The third-order valence-corrected chi connectivity index (χ3v) is 3.43. The van der Waals surface area contributed by atoms with Gasteiger partial charge in [-0.2, -0.15) is 0 Å². The molecule has 18 heavy (non-hydrogen) atoms. The van der Waals surface area contributed by atoms with Gasteiger partial charge >= 0.3 is 5.97 Å². The number of esters is 1. The lowest BCUT2D eigenvalue weighted by Gasteiger charge is -2.40. The molecule has 1 aromatic rings. The fourth-order valence-electron chi connectivity index (χ4n) is 2.45. The Bertz CT molecular complexity index is 386. The highest BCUT2D eigenvalue weighted by Crippen LogP contribution is 2.36. The average Bonchev–Trinajstić information content (AvgIpc) is 2.33. The summed E-state index contributed by atoms with van der Waals surface area (Å²) in [4.78, 5) is 13.6. The Balaban J connectivity index is 0.00000162. The molecule has 1 aliphatic heterocycles. The molecule has 1 aromatic carbocycles. The number of hydrogen-bond donors (Lipinski definition) is 0. The van der Waals surface area contributed by atoms with Crippen LogP contribution in [0.1, 0.15) is 25.3 Å². The van der Waals surface area contributed by atoms with E-state index >= 15 is 0 Å². The Morgan fingerprint density at radius 1 is 1.22 bits per heavy atom. The second-order valence-electron chi connectivity index (χ2n) is 4.76. The predicted octanol–water partition coefficient (Wildman–Crippen LogP) is 2.59. The first-order valence-electron chi connectivity index (χ1n) is 6.06. The van der Waals surface area contributed by atoms with Gasteiger partial charge in [-0.15, -0.1) is 12.4 Å². The average molecular weight is 270 g/mol. The van der Waals surface area contributed by atoms with Crippen molar-refractivity contribution in [2.75, 3.05) is 20.1 Å². The number of likely N-dealkylation sites (tertiary alicyclic amines) is 1. The van der Waals surface area contributed by atoms with Crippen LogP contribution in [0, 0.1) is 0 Å². The van der Waals surface area contributed by atoms with Gasteiger partial charge in [0.1, 0.15) is 5.60 Å². The lowest BCUT2D eigenvalue weighted by atomic mass is 9.84. The number of ether oxygens (including phenoxy) is 1. The molecule has 0 unspecified atom stereocenters. The molecule has 0 spiro atoms. The third-order valence-electron chi connectivity index (χ3n) is 3.43. The minimum absolute atomic E-state index is 0. The van der Waals surface area contributed by atoms with Crippen molar-refractivity contribution in [1.29, 1.82) is 0 Å². The first-order valence-corrected chi connectivity index (χ1v) is 6.06. The van der Waals surface area contributed by atoms with Crippen LogP contribution in [0.4, 0.5) is 0 Å². The molecule has 0 radical (unpaired) electrons. The molecule has 2 rings (SSSR count). The molecular weight excluding hydrogens is 250 g/mol. The van der Waals surface area contributed by atoms with Crippen molar-refractivity contribution in [3.63, 3.8) is 0 Å². The zero-order chi connectivity index (χ0) is 12.3. The number of hydrogen-bond acceptors (Lipinski definition) is 3. The zero-order valence-corrected chi connectivity index (χ0v) is 11.7. The summed E-state index contributed by atoms with van der Waals surface area (Å²) < 4.78 is 5.65. The zero-order valence-electron chi connectivity index (χ0n) is 10.9. The third kappa shape index (κ3) is 3.24. The number of carbonyl (C=O) groups is 1. The molecule has 0 saturated carbocycles. The highest BCUT2D eigenvalue weighted by atomic mass is 35.5. The van der Waals surface area contributed by atoms with E-state index < -0.39 is 5.60 Å². The molecule has 100 valence electrons. The predicted molar refractivity (Wildman–Crippen MR) is 73.9 cm³/mol. The van der Waals surface area contributed by atoms with Crippen molar-refractivity contribution in [3.05, 3.63) is 35.9 Å². The number of piperidine rings is 1. The van der Waals surface area contributed by atoms with Gasteiger partial charge in [-0.05, 0) is 12.6 Å². The Labute approximate surface area is 115 Å². The molecule has 0 aliphatic carbocycles. The van der Waals surface area contributed by atoms with Crippen LogP contribution in [-0.2, 0) is 15.1 Å². The van der Waals surface area contributed by atoms with Crippen molar-refractivity contribution < 1.29 is 9.53 Å². The Morgan fingerprint density at radius 2 is 1.78 bits per heavy atom. The van der Waals surface area contributed by atoms with Gasteiger partial charge in [-0.1, -0.05) is 30.3 Å². The van der Waals surface area contributed by atoms with Crippen LogP contribution in [0.25, 0.3) is 0 Å². The molecule has 0 amide bonds. The summed E-state index contributed by atoms with van der Waals surface area (Å²) in [5.74, 6) is -0.196. The minimum atomic E-state index is -0.417. The van der Waals surface area contributed by atoms with E-state index in [1.165, 1.54) is 6.92 Å². The number of carbonyl (C=O) groups excluding carboxylic acids is 1. The fraction of sp³-hybridized carbons (Fsp3) is 0.500. The van der Waals surface area contributed by atoms with Crippen LogP contribution < -0.4 is 0 Å². The van der Waals surface area contributed by atoms with Crippen molar-refractivity contribution in [1.82, 2.24) is 4.90 Å². The van der Waals surface area contributed by atoms with Crippen molar-refractivity contribution >= 4 is 18.4 Å². The standard InChI is InChI=1S/C14H19NO2.ClH/c1-12(16)17-14(8-10-15(2)11-9-14)13-6-4-3-5-7-13;/h3-7H,8-11H2,1-2H3;1H. The van der Waals surface area contributed by atoms with Gasteiger partial charge in [0, 0.05) is 32.9 Å². The van der Waals surface area contributed by atoms with E-state index in [0.717, 1.165) is 31.5 Å². The molecule has 3 nitrogen and oxygen atoms in total. The summed E-state index contributed by atoms with van der Waals surface area (Å²) in [6.45, 7) is 3.41. The first kappa shape index (κ1) is 15.0. The first-order chi connectivity index (χ1) is 8.12. The highest BCUT2D eigenvalue weighted by Gasteiger charge is 2.38. The number of halogens is 1. The molecule has 4 heteroatoms. The van der Waals surface area contributed by atoms with E-state index in [4.69, 9.17) is 4.74 Å². The van der Waals surface area contributed by atoms with Gasteiger partial charge in [-0.25, -0.2) is 0 Å². The lowest BCUT2D eigenvalue weighted by molar-refractivity contribution is -0.163. The van der Waals surface area contributed by atoms with Crippen LogP contribution in [0.3, 0.4) is 0 Å². The molecule has 0 N–H and O–H groups in total. The van der Waals surface area contributed by atoms with Crippen LogP contribution in [0.5, 0.6) is 0 Å². The summed E-state index contributed by atoms with van der Waals surface area (Å²) in [6.07, 6.45) is 1.74. The summed E-state index contributed by atoms with van der Waals surface area (Å²) in [5.41, 5.74) is 0.697. The van der Waals surface area contributed by atoms with E-state index in [-0.39, 0.29) is 18.4 Å². The molecule has 1 saturated heterocycles. The largest absolute Gasteiger partial charge is 0.454 e. The monoisotopic (exact) mass is 269 g/mol. The SMILES string of the molecule is CC(=O)OC1(c2ccccc2)CCN(C)CC1.Cl. The maximum Gasteiger partial charge on any atom is 0.303 e. The molecule has 0 bridgehead atoms. The number of nitrogens with zero attached hydrogens (tertiary/aromatic N) is 1. The lowest BCUT2D eigenvalue weighted by Crippen LogP contribution is -2.43. The molecular formula is C14H20ClNO2. The molecule has 1 heterocycles. The fourth-order valence-corrected chi connectivity index (χ4v) is 2.45. The second-order valence-corrected chi connectivity index (χ2v) is 4.76. The summed E-state index contributed by atoms with van der Waals surface area (Å²) >= 11 is 0. The van der Waals surface area contributed by atoms with Crippen LogP contribution >= 0.6 is 12.4 Å². The number of rotatable bonds is 2. The summed E-state index contributed by atoms with van der Waals surface area (Å²) in [7, 11) is 2.10. The Hall–Kier alpha value is -1.06. The van der Waals surface area contributed by atoms with Crippen molar-refractivity contribution in [2.45, 2.75) is 25.4 Å². The van der Waals surface area contributed by atoms with Gasteiger partial charge in [0.15, 0.2) is 0 Å². The normalized spacial score (nSPS) is 18.8. The molecule has 0 aromatic heterocycles. The second kappa shape index (κ2) is 6.21. The van der Waals surface area contributed by atoms with Crippen molar-refractivity contribution in [3.8, 4) is 0 Å². The van der Waals surface area contributed by atoms with E-state index in [1.807, 2.05) is 30.3 Å². The Morgan fingerprint density at radius 3 is 2.28 bits per heavy atom. The maximum atomic E-state index is 11.3. The van der Waals surface area contributed by atoms with E-state index in [0.29, 0.717) is 0 Å². The van der Waals surface area contributed by atoms with Crippen LogP contribution in [-0.4, -0.2) is 31.0 Å². The maximum absolute atomic E-state index is 11.3. The summed E-state index contributed by atoms with van der Waals surface area (Å²) in [6, 6.07) is 10.1. The van der Waals surface area contributed by atoms with E-state index in [9.17, 15) is 4.79 Å².